The molecule has 0 radical (unpaired) electrons. The number of nitrogens with zero attached hydrogens (tertiary/aromatic N) is 2. The monoisotopic (exact) mass is 511 g/mol. The van der Waals surface area contributed by atoms with Crippen molar-refractivity contribution in [2.75, 3.05) is 26.7 Å². The fourth-order valence-electron chi connectivity index (χ4n) is 4.93. The Morgan fingerprint density at radius 1 is 1.40 bits per heavy atom. The Bertz CT molecular complexity index is 1220. The Morgan fingerprint density at radius 2 is 2.26 bits per heavy atom. The number of carbonyl (C=O) groups is 1. The first-order valence-corrected chi connectivity index (χ1v) is 13.0. The van der Waals surface area contributed by atoms with E-state index >= 15 is 0 Å². The van der Waals surface area contributed by atoms with Crippen LogP contribution in [0, 0.1) is 23.7 Å². The van der Waals surface area contributed by atoms with E-state index in [1.807, 2.05) is 35.7 Å². The largest absolute Gasteiger partial charge is 0.497 e. The molecule has 6 nitrogen and oxygen atoms in total. The predicted molar refractivity (Wildman–Crippen MR) is 141 cm³/mol. The molecule has 1 aromatic carbocycles. The molecule has 2 aromatic heterocycles. The number of hydrogen-bond donors (Lipinski definition) is 2. The van der Waals surface area contributed by atoms with E-state index in [9.17, 15) is 9.90 Å². The van der Waals surface area contributed by atoms with Gasteiger partial charge in [0.1, 0.15) is 5.75 Å². The molecule has 3 heterocycles. The van der Waals surface area contributed by atoms with Crippen molar-refractivity contribution in [3.05, 3.63) is 57.4 Å². The number of likely N-dealkylation sites (tertiary alicyclic amines) is 1. The summed E-state index contributed by atoms with van der Waals surface area (Å²) in [5.74, 6) is 6.76. The molecule has 4 rings (SSSR count). The molecule has 0 aliphatic carbocycles. The van der Waals surface area contributed by atoms with E-state index in [4.69, 9.17) is 22.1 Å². The fraction of sp³-hybridized carbons (Fsp3) is 0.407. The second kappa shape index (κ2) is 11.9. The number of fused-ring (bicyclic) bond motifs is 1. The van der Waals surface area contributed by atoms with E-state index in [-0.39, 0.29) is 18.4 Å². The second-order valence-electron chi connectivity index (χ2n) is 9.01. The minimum atomic E-state index is -0.758. The first kappa shape index (κ1) is 25.5. The minimum Gasteiger partial charge on any atom is -0.497 e. The molecule has 0 unspecified atom stereocenters. The van der Waals surface area contributed by atoms with Crippen molar-refractivity contribution in [2.45, 2.75) is 31.7 Å². The van der Waals surface area contributed by atoms with E-state index in [2.05, 4.69) is 21.7 Å². The summed E-state index contributed by atoms with van der Waals surface area (Å²) in [5.41, 5.74) is 8.35. The lowest BCUT2D eigenvalue weighted by Crippen LogP contribution is -2.41. The average Bonchev–Trinajstić information content (AvgIpc) is 3.36. The van der Waals surface area contributed by atoms with Gasteiger partial charge in [0.15, 0.2) is 0 Å². The van der Waals surface area contributed by atoms with Crippen molar-refractivity contribution in [2.24, 2.45) is 17.6 Å². The Kier molecular flexibility index (Phi) is 8.64. The number of aliphatic carboxylic acids is 1. The highest BCUT2D eigenvalue weighted by Crippen LogP contribution is 2.36. The lowest BCUT2D eigenvalue weighted by Gasteiger charge is -2.37. The Morgan fingerprint density at radius 3 is 3.00 bits per heavy atom. The molecule has 0 saturated carbocycles. The van der Waals surface area contributed by atoms with Crippen LogP contribution in [-0.2, 0) is 4.79 Å². The molecule has 184 valence electrons. The number of carboxylic acids is 1. The van der Waals surface area contributed by atoms with Gasteiger partial charge in [0.05, 0.1) is 29.1 Å². The molecule has 1 aliphatic heterocycles. The summed E-state index contributed by atoms with van der Waals surface area (Å²) in [6, 6.07) is 9.42. The average molecular weight is 512 g/mol. The number of nitrogens with two attached hydrogens (primary N) is 1. The van der Waals surface area contributed by atoms with Crippen molar-refractivity contribution >= 4 is 39.8 Å². The SMILES string of the molecule is COc1ccc2ncc(Cl)c([C@@H](N)CC[C@@H]3CCN(CC#Cc4cccs4)C[C@H]3CC(=O)O)c2c1. The molecule has 1 fully saturated rings. The molecule has 3 aromatic rings. The summed E-state index contributed by atoms with van der Waals surface area (Å²) >= 11 is 8.17. The number of rotatable bonds is 8. The third-order valence-electron chi connectivity index (χ3n) is 6.74. The number of benzene rings is 1. The number of aromatic nitrogens is 1. The van der Waals surface area contributed by atoms with Crippen molar-refractivity contribution in [3.8, 4) is 17.6 Å². The molecule has 8 heteroatoms. The second-order valence-corrected chi connectivity index (χ2v) is 10.4. The van der Waals surface area contributed by atoms with Crippen molar-refractivity contribution in [1.29, 1.82) is 0 Å². The number of thiophene rings is 1. The zero-order valence-corrected chi connectivity index (χ0v) is 21.3. The Hall–Kier alpha value is -2.63. The summed E-state index contributed by atoms with van der Waals surface area (Å²) in [4.78, 5) is 19.3. The Labute approximate surface area is 215 Å². The van der Waals surface area contributed by atoms with Gasteiger partial charge in [-0.1, -0.05) is 29.5 Å². The molecule has 1 saturated heterocycles. The molecule has 0 spiro atoms. The molecule has 3 atom stereocenters. The van der Waals surface area contributed by atoms with Gasteiger partial charge < -0.3 is 15.6 Å². The van der Waals surface area contributed by atoms with E-state index in [1.165, 1.54) is 0 Å². The summed E-state index contributed by atoms with van der Waals surface area (Å²) in [5, 5.41) is 13.0. The van der Waals surface area contributed by atoms with Gasteiger partial charge in [0, 0.05) is 30.6 Å². The summed E-state index contributed by atoms with van der Waals surface area (Å²) in [7, 11) is 1.63. The maximum Gasteiger partial charge on any atom is 0.303 e. The standard InChI is InChI=1S/C27H30ClN3O3S/c1-34-20-7-9-25-22(15-20)27(23(28)16-30-25)24(29)8-6-18-10-12-31(17-19(18)14-26(32)33)11-2-4-21-5-3-13-35-21/h3,5,7,9,13,15-16,18-19,24H,6,8,10-12,14,17,29H2,1H3,(H,32,33)/t18-,19-,24+/m1/s1. The smallest absolute Gasteiger partial charge is 0.303 e. The molecular formula is C27H30ClN3O3S. The molecular weight excluding hydrogens is 482 g/mol. The predicted octanol–water partition coefficient (Wildman–Crippen LogP) is 5.20. The topological polar surface area (TPSA) is 88.7 Å². The summed E-state index contributed by atoms with van der Waals surface area (Å²) in [6.07, 6.45) is 4.30. The number of halogens is 1. The van der Waals surface area contributed by atoms with Crippen molar-refractivity contribution in [3.63, 3.8) is 0 Å². The van der Waals surface area contributed by atoms with Crippen LogP contribution in [-0.4, -0.2) is 47.7 Å². The minimum absolute atomic E-state index is 0.0711. The van der Waals surface area contributed by atoms with Crippen LogP contribution in [0.2, 0.25) is 5.02 Å². The number of methoxy groups -OCH3 is 1. The molecule has 35 heavy (non-hydrogen) atoms. The lowest BCUT2D eigenvalue weighted by molar-refractivity contribution is -0.139. The molecule has 0 bridgehead atoms. The Balaban J connectivity index is 1.42. The van der Waals surface area contributed by atoms with Crippen LogP contribution in [0.25, 0.3) is 10.9 Å². The van der Waals surface area contributed by atoms with Crippen LogP contribution in [0.4, 0.5) is 0 Å². The van der Waals surface area contributed by atoms with E-state index in [1.54, 1.807) is 24.6 Å². The van der Waals surface area contributed by atoms with Gasteiger partial charge in [0.2, 0.25) is 0 Å². The zero-order valence-electron chi connectivity index (χ0n) is 19.7. The number of pyridine rings is 1. The highest BCUT2D eigenvalue weighted by molar-refractivity contribution is 7.10. The van der Waals surface area contributed by atoms with Gasteiger partial charge in [-0.2, -0.15) is 0 Å². The van der Waals surface area contributed by atoms with Gasteiger partial charge in [-0.25, -0.2) is 0 Å². The summed E-state index contributed by atoms with van der Waals surface area (Å²) < 4.78 is 5.38. The lowest BCUT2D eigenvalue weighted by atomic mass is 9.79. The number of carboxylic acid groups (broad SMARTS) is 1. The van der Waals surface area contributed by atoms with E-state index < -0.39 is 5.97 Å². The van der Waals surface area contributed by atoms with Gasteiger partial charge in [-0.05, 0) is 72.9 Å². The normalized spacial score (nSPS) is 19.2. The van der Waals surface area contributed by atoms with Crippen molar-refractivity contribution in [1.82, 2.24) is 9.88 Å². The van der Waals surface area contributed by atoms with Gasteiger partial charge in [0.25, 0.3) is 0 Å². The highest BCUT2D eigenvalue weighted by atomic mass is 35.5. The molecule has 3 N–H and O–H groups in total. The quantitative estimate of drug-likeness (QED) is 0.404. The third-order valence-corrected chi connectivity index (χ3v) is 7.82. The van der Waals surface area contributed by atoms with Crippen LogP contribution in [0.5, 0.6) is 5.75 Å². The first-order chi connectivity index (χ1) is 16.9. The van der Waals surface area contributed by atoms with E-state index in [0.717, 1.165) is 59.4 Å². The van der Waals surface area contributed by atoms with Gasteiger partial charge in [-0.3, -0.25) is 14.7 Å². The van der Waals surface area contributed by atoms with Crippen LogP contribution >= 0.6 is 22.9 Å². The van der Waals surface area contributed by atoms with E-state index in [0.29, 0.717) is 17.5 Å². The van der Waals surface area contributed by atoms with Crippen LogP contribution < -0.4 is 10.5 Å². The zero-order chi connectivity index (χ0) is 24.8. The molecule has 1 aliphatic rings. The number of piperidine rings is 1. The number of ether oxygens (including phenoxy) is 1. The molecule has 0 amide bonds. The fourth-order valence-corrected chi connectivity index (χ4v) is 5.82. The van der Waals surface area contributed by atoms with Crippen LogP contribution in [0.1, 0.15) is 42.2 Å². The van der Waals surface area contributed by atoms with Gasteiger partial charge >= 0.3 is 5.97 Å². The third kappa shape index (κ3) is 6.53. The maximum atomic E-state index is 11.6. The summed E-state index contributed by atoms with van der Waals surface area (Å²) in [6.45, 7) is 2.30. The first-order valence-electron chi connectivity index (χ1n) is 11.8. The van der Waals surface area contributed by atoms with Crippen LogP contribution in [0.3, 0.4) is 0 Å². The van der Waals surface area contributed by atoms with Crippen molar-refractivity contribution < 1.29 is 14.6 Å². The van der Waals surface area contributed by atoms with Gasteiger partial charge in [-0.15, -0.1) is 11.3 Å². The van der Waals surface area contributed by atoms with Crippen LogP contribution in [0.15, 0.2) is 41.9 Å². The highest BCUT2D eigenvalue weighted by Gasteiger charge is 2.31. The number of hydrogen-bond acceptors (Lipinski definition) is 6. The maximum absolute atomic E-state index is 11.6.